The van der Waals surface area contributed by atoms with Crippen molar-refractivity contribution >= 4 is 197 Å². The van der Waals surface area contributed by atoms with Gasteiger partial charge in [-0.3, -0.25) is 0 Å². The van der Waals surface area contributed by atoms with Crippen molar-refractivity contribution in [3.63, 3.8) is 0 Å². The summed E-state index contributed by atoms with van der Waals surface area (Å²) in [7, 11) is 0. The van der Waals surface area contributed by atoms with E-state index in [9.17, 15) is 0 Å². The molecule has 0 aliphatic carbocycles. The fraction of sp³-hybridized carbons (Fsp3) is 0.0268. The van der Waals surface area contributed by atoms with Crippen LogP contribution in [0.3, 0.4) is 0 Å². The van der Waals surface area contributed by atoms with E-state index in [2.05, 4.69) is 527 Å². The van der Waals surface area contributed by atoms with Crippen molar-refractivity contribution in [1.29, 1.82) is 0 Å². The van der Waals surface area contributed by atoms with Gasteiger partial charge >= 0.3 is 22.0 Å². The van der Waals surface area contributed by atoms with Crippen LogP contribution in [0, 0.1) is 5.92 Å². The zero-order valence-corrected chi connectivity index (χ0v) is 75.1. The summed E-state index contributed by atoms with van der Waals surface area (Å²) in [5, 5.41) is 5.53. The van der Waals surface area contributed by atoms with E-state index in [1.807, 2.05) is 18.2 Å². The number of nitrogens with zero attached hydrogens (tertiary/aromatic N) is 6. The number of hydrogen-bond acceptors (Lipinski definition) is 4. The van der Waals surface area contributed by atoms with Gasteiger partial charge in [-0.25, -0.2) is 0 Å². The average molecular weight is 1820 g/mol. The third kappa shape index (κ3) is 16.8. The van der Waals surface area contributed by atoms with Gasteiger partial charge < -0.3 is 34.7 Å². The molecule has 0 N–H and O–H groups in total. The molecule has 596 valence electrons. The van der Waals surface area contributed by atoms with E-state index in [1.165, 1.54) is 122 Å². The van der Waals surface area contributed by atoms with Crippen LogP contribution >= 0.6 is 58.9 Å². The molecule has 0 amide bonds. The molecule has 6 nitrogen and oxygen atoms in total. The topological polar surface area (TPSA) is 22.8 Å². The van der Waals surface area contributed by atoms with Crippen molar-refractivity contribution in [3.8, 4) is 55.9 Å². The SMILES string of the molecule is BrB(Br)Br.C[C-](C)C.Clc1c(N(c2ccccc2)c2ccccc2)cccc1N(c1ccccc1)c1cccc(-n2c3ccc(-c4ccccc4)cc3c3cc(-c4ccccc4)ccc32)c1.[Li+].c1ccc(-c2ccc3c(c2)c2cc(-c4ccccc4)ccc2n3-c2ccc3c(c2)N(c2ccccc2)c2cccc4c2B3c2ccccc2N4c2ccccc2)cc1. The van der Waals surface area contributed by atoms with Crippen LogP contribution in [-0.2, 0) is 0 Å². The second-order valence-corrected chi connectivity index (χ2v) is 38.2. The van der Waals surface area contributed by atoms with Crippen LogP contribution in [-0.4, -0.2) is 19.0 Å². The predicted molar refractivity (Wildman–Crippen MR) is 545 cm³/mol. The third-order valence-corrected chi connectivity index (χ3v) is 23.3. The van der Waals surface area contributed by atoms with Crippen LogP contribution in [0.15, 0.2) is 449 Å². The minimum atomic E-state index is 0. The number of rotatable bonds is 14. The fourth-order valence-corrected chi connectivity index (χ4v) is 18.1. The molecular formula is C112H83B2Br3ClLiN6. The van der Waals surface area contributed by atoms with Crippen LogP contribution in [0.5, 0.6) is 0 Å². The van der Waals surface area contributed by atoms with Crippen LogP contribution in [0.4, 0.5) is 68.2 Å². The van der Waals surface area contributed by atoms with Crippen LogP contribution in [0.2, 0.25) is 5.02 Å². The molecule has 0 saturated heterocycles. The van der Waals surface area contributed by atoms with Gasteiger partial charge in [0.15, 0.2) is 0 Å². The molecule has 2 aliphatic rings. The monoisotopic (exact) mass is 1810 g/mol. The molecule has 13 heteroatoms. The number of anilines is 12. The number of aromatic nitrogens is 2. The van der Waals surface area contributed by atoms with E-state index in [0.29, 0.717) is 5.02 Å². The molecule has 0 unspecified atom stereocenters. The normalized spacial score (nSPS) is 11.6. The minimum Gasteiger partial charge on any atom is -0.323 e. The first-order valence-electron chi connectivity index (χ1n) is 41.8. The van der Waals surface area contributed by atoms with Crippen molar-refractivity contribution in [2.75, 3.05) is 19.6 Å². The summed E-state index contributed by atoms with van der Waals surface area (Å²) in [6, 6.07) is 161. The zero-order chi connectivity index (χ0) is 84.2. The van der Waals surface area contributed by atoms with Crippen LogP contribution in [0.1, 0.15) is 20.8 Å². The number of para-hydroxylation sites is 6. The van der Waals surface area contributed by atoms with E-state index in [0.717, 1.165) is 67.9 Å². The van der Waals surface area contributed by atoms with Gasteiger partial charge in [-0.1, -0.05) is 291 Å². The minimum absolute atomic E-state index is 0. The summed E-state index contributed by atoms with van der Waals surface area (Å²) in [5.41, 5.74) is 33.4. The summed E-state index contributed by atoms with van der Waals surface area (Å²) in [6.45, 7) is 6.31. The van der Waals surface area contributed by atoms with Gasteiger partial charge in [0.1, 0.15) is 0 Å². The summed E-state index contributed by atoms with van der Waals surface area (Å²) >= 11 is 16.9. The first-order valence-corrected chi connectivity index (χ1v) is 44.9. The molecule has 2 aliphatic heterocycles. The Morgan fingerprint density at radius 3 is 0.928 bits per heavy atom. The molecule has 2 aromatic heterocycles. The van der Waals surface area contributed by atoms with Crippen LogP contribution in [0.25, 0.3) is 99.5 Å². The quantitative estimate of drug-likeness (QED) is 0.0799. The molecule has 0 fully saturated rings. The standard InChI is InChI=1S/C54H36BN3.C54H38ClN3.C4H9.BBr3.Li/c1-5-16-37(17-6-1)39-28-32-48-44(34-39)45-35-40(38-18-7-2-8-19-38)29-33-49(45)58(48)43-30-31-47-53(36-43)57(42-22-11-4-12-23-42)52-27-15-26-51-54(52)55(47)46-24-13-14-25-50(46)56(51)41-20-9-3-10-21-41;55-54-52(56(43-22-10-3-11-23-43)44-24-12-4-13-25-44)30-17-31-53(54)57(45-26-14-5-15-27-45)46-28-16-29-47(38-46)58-50-34-32-41(39-18-6-1-7-19-39)36-48(50)49-37-42(33-35-51(49)58)40-20-8-2-9-21-40;1-4(2)3;2-1(3)4;/h1-36H;1-38H;1-3H3;;/q;;-1;;+1. The van der Waals surface area contributed by atoms with Gasteiger partial charge in [0, 0.05) is 89.8 Å². The summed E-state index contributed by atoms with van der Waals surface area (Å²) in [6.07, 6.45) is 0. The van der Waals surface area contributed by atoms with E-state index in [1.54, 1.807) is 0 Å². The van der Waals surface area contributed by atoms with E-state index in [-0.39, 0.29) is 28.8 Å². The van der Waals surface area contributed by atoms with Crippen molar-refractivity contribution in [2.24, 2.45) is 0 Å². The smallest absolute Gasteiger partial charge is 0.323 e. The molecule has 20 aromatic rings. The molecule has 0 bridgehead atoms. The molecule has 0 spiro atoms. The van der Waals surface area contributed by atoms with Gasteiger partial charge in [0.25, 0.3) is 6.71 Å². The summed E-state index contributed by atoms with van der Waals surface area (Å²) < 4.78 is 5.13. The number of fused-ring (bicyclic) bond motifs is 10. The van der Waals surface area contributed by atoms with Gasteiger partial charge in [0.05, 0.1) is 38.5 Å². The molecule has 22 rings (SSSR count). The van der Waals surface area contributed by atoms with E-state index >= 15 is 0 Å². The Balaban J connectivity index is 0.000000155. The second kappa shape index (κ2) is 37.3. The summed E-state index contributed by atoms with van der Waals surface area (Å²) in [5.74, 6) is 1.42. The maximum atomic E-state index is 7.64. The van der Waals surface area contributed by atoms with Crippen molar-refractivity contribution in [2.45, 2.75) is 20.8 Å². The molecular weight excluding hydrogens is 1730 g/mol. The van der Waals surface area contributed by atoms with Crippen molar-refractivity contribution < 1.29 is 18.9 Å². The number of benzene rings is 18. The van der Waals surface area contributed by atoms with Crippen molar-refractivity contribution in [3.05, 3.63) is 460 Å². The molecule has 18 aromatic carbocycles. The Labute approximate surface area is 774 Å². The average Bonchev–Trinajstić information content (AvgIpc) is 1.52. The molecule has 0 atom stereocenters. The van der Waals surface area contributed by atoms with Gasteiger partial charge in [-0.2, -0.15) is 20.8 Å². The Morgan fingerprint density at radius 2 is 0.544 bits per heavy atom. The zero-order valence-electron chi connectivity index (χ0n) is 69.6. The maximum Gasteiger partial charge on any atom is 1.00 e. The Hall–Kier alpha value is -12.8. The van der Waals surface area contributed by atoms with Gasteiger partial charge in [-0.15, -0.1) is 47.3 Å². The molecule has 125 heavy (non-hydrogen) atoms. The Morgan fingerprint density at radius 1 is 0.264 bits per heavy atom. The second-order valence-electron chi connectivity index (χ2n) is 31.4. The largest absolute Gasteiger partial charge is 1.00 e. The first kappa shape index (κ1) is 83.1. The first-order chi connectivity index (χ1) is 61.0. The number of hydrogen-bond donors (Lipinski definition) is 0. The Bertz CT molecular complexity index is 6940. The molecule has 4 heterocycles. The molecule has 0 saturated carbocycles. The van der Waals surface area contributed by atoms with E-state index in [4.69, 9.17) is 11.6 Å². The third-order valence-electron chi connectivity index (χ3n) is 23.0. The Kier molecular flexibility index (Phi) is 24.8. The maximum absolute atomic E-state index is 7.64. The molecule has 0 radical (unpaired) electrons. The fourth-order valence-electron chi connectivity index (χ4n) is 17.8. The van der Waals surface area contributed by atoms with Gasteiger partial charge in [0.2, 0.25) is 0 Å². The van der Waals surface area contributed by atoms with Crippen molar-refractivity contribution in [1.82, 2.24) is 9.13 Å². The van der Waals surface area contributed by atoms with Gasteiger partial charge in [-0.05, 0) is 231 Å². The predicted octanol–water partition coefficient (Wildman–Crippen LogP) is 28.7. The van der Waals surface area contributed by atoms with E-state index < -0.39 is 0 Å². The number of halogens is 4. The summed E-state index contributed by atoms with van der Waals surface area (Å²) in [4.78, 5) is 9.41. The van der Waals surface area contributed by atoms with Crippen LogP contribution < -0.4 is 54.8 Å².